The molecule has 2 amide bonds. The van der Waals surface area contributed by atoms with Gasteiger partial charge in [0.2, 0.25) is 11.8 Å². The Morgan fingerprint density at radius 1 is 0.520 bits per heavy atom. The second-order valence-electron chi connectivity index (χ2n) is 11.9. The molecular formula is C40H38N2O8. The summed E-state index contributed by atoms with van der Waals surface area (Å²) in [6.45, 7) is 7.67. The molecule has 0 bridgehead atoms. The Labute approximate surface area is 290 Å². The van der Waals surface area contributed by atoms with Crippen molar-refractivity contribution in [3.8, 4) is 23.0 Å². The Kier molecular flexibility index (Phi) is 11.5. The summed E-state index contributed by atoms with van der Waals surface area (Å²) in [6.07, 6.45) is 2.97. The van der Waals surface area contributed by atoms with E-state index in [2.05, 4.69) is 13.2 Å². The fraction of sp³-hybridized carbons (Fsp3) is 0.200. The number of carbonyl (C=O) groups is 4. The molecule has 1 fully saturated rings. The van der Waals surface area contributed by atoms with Crippen LogP contribution in [0.15, 0.2) is 135 Å². The summed E-state index contributed by atoms with van der Waals surface area (Å²) in [5.74, 6) is -7.70. The SMILES string of the molecule is C=CCN(Cc1ccc(Oc2ccccc2)cc1)C(=O)C1C(C(=O)O)C(C(=O)N(CC=C)Cc2ccc(Oc3ccccc3)cc2)C1C(=O)O. The Morgan fingerprint density at radius 2 is 0.840 bits per heavy atom. The number of carboxylic acid groups (broad SMARTS) is 2. The monoisotopic (exact) mass is 674 g/mol. The molecule has 256 valence electrons. The fourth-order valence-corrected chi connectivity index (χ4v) is 6.19. The number of amides is 2. The molecule has 0 heterocycles. The van der Waals surface area contributed by atoms with E-state index in [-0.39, 0.29) is 26.2 Å². The summed E-state index contributed by atoms with van der Waals surface area (Å²) in [5.41, 5.74) is 1.42. The molecule has 0 saturated heterocycles. The van der Waals surface area contributed by atoms with E-state index in [9.17, 15) is 29.4 Å². The van der Waals surface area contributed by atoms with Crippen LogP contribution in [0.3, 0.4) is 0 Å². The molecule has 0 atom stereocenters. The molecular weight excluding hydrogens is 636 g/mol. The van der Waals surface area contributed by atoms with Gasteiger partial charge in [0.25, 0.3) is 0 Å². The highest BCUT2D eigenvalue weighted by molar-refractivity contribution is 5.99. The highest BCUT2D eigenvalue weighted by atomic mass is 16.5. The quantitative estimate of drug-likeness (QED) is 0.126. The number of carbonyl (C=O) groups excluding carboxylic acids is 2. The van der Waals surface area contributed by atoms with Gasteiger partial charge in [0.1, 0.15) is 23.0 Å². The molecule has 50 heavy (non-hydrogen) atoms. The van der Waals surface area contributed by atoms with Crippen molar-refractivity contribution in [3.63, 3.8) is 0 Å². The average molecular weight is 675 g/mol. The minimum absolute atomic E-state index is 0.0431. The Balaban J connectivity index is 1.31. The molecule has 0 unspecified atom stereocenters. The van der Waals surface area contributed by atoms with Crippen molar-refractivity contribution in [2.75, 3.05) is 13.1 Å². The summed E-state index contributed by atoms with van der Waals surface area (Å²) < 4.78 is 11.7. The van der Waals surface area contributed by atoms with Crippen molar-refractivity contribution in [1.29, 1.82) is 0 Å². The Bertz CT molecular complexity index is 1670. The fourth-order valence-electron chi connectivity index (χ4n) is 6.19. The third-order valence-electron chi connectivity index (χ3n) is 8.56. The molecule has 0 aromatic heterocycles. The highest BCUT2D eigenvalue weighted by Crippen LogP contribution is 2.49. The van der Waals surface area contributed by atoms with E-state index in [1.807, 2.05) is 60.7 Å². The lowest BCUT2D eigenvalue weighted by molar-refractivity contribution is -0.187. The third-order valence-corrected chi connectivity index (χ3v) is 8.56. The number of rotatable bonds is 16. The Morgan fingerprint density at radius 3 is 1.14 bits per heavy atom. The molecule has 0 radical (unpaired) electrons. The van der Waals surface area contributed by atoms with Crippen molar-refractivity contribution >= 4 is 23.8 Å². The van der Waals surface area contributed by atoms with Crippen LogP contribution in [0.25, 0.3) is 0 Å². The summed E-state index contributed by atoms with van der Waals surface area (Å²) in [7, 11) is 0. The maximum absolute atomic E-state index is 13.9. The van der Waals surface area contributed by atoms with Crippen LogP contribution >= 0.6 is 0 Å². The number of benzene rings is 4. The summed E-state index contributed by atoms with van der Waals surface area (Å²) >= 11 is 0. The van der Waals surface area contributed by atoms with Gasteiger partial charge in [0, 0.05) is 26.2 Å². The number of hydrogen-bond acceptors (Lipinski definition) is 6. The third kappa shape index (κ3) is 8.27. The van der Waals surface area contributed by atoms with Crippen molar-refractivity contribution in [3.05, 3.63) is 146 Å². The van der Waals surface area contributed by atoms with Gasteiger partial charge in [-0.1, -0.05) is 72.8 Å². The van der Waals surface area contributed by atoms with E-state index in [4.69, 9.17) is 9.47 Å². The minimum Gasteiger partial charge on any atom is -0.481 e. The number of carboxylic acids is 2. The van der Waals surface area contributed by atoms with Gasteiger partial charge in [-0.15, -0.1) is 13.2 Å². The largest absolute Gasteiger partial charge is 0.481 e. The predicted octanol–water partition coefficient (Wildman–Crippen LogP) is 6.65. The molecule has 10 heteroatoms. The van der Waals surface area contributed by atoms with Gasteiger partial charge in [-0.3, -0.25) is 19.2 Å². The normalized spacial score (nSPS) is 17.8. The van der Waals surface area contributed by atoms with Crippen molar-refractivity contribution < 1.29 is 38.9 Å². The second-order valence-corrected chi connectivity index (χ2v) is 11.9. The summed E-state index contributed by atoms with van der Waals surface area (Å²) in [4.78, 5) is 55.9. The summed E-state index contributed by atoms with van der Waals surface area (Å²) in [6, 6.07) is 32.5. The topological polar surface area (TPSA) is 134 Å². The second kappa shape index (κ2) is 16.3. The van der Waals surface area contributed by atoms with Crippen LogP contribution in [0.1, 0.15) is 11.1 Å². The van der Waals surface area contributed by atoms with Crippen LogP contribution in [-0.2, 0) is 32.3 Å². The van der Waals surface area contributed by atoms with Gasteiger partial charge in [-0.25, -0.2) is 0 Å². The van der Waals surface area contributed by atoms with Crippen LogP contribution in [-0.4, -0.2) is 56.9 Å². The lowest BCUT2D eigenvalue weighted by Crippen LogP contribution is -2.64. The van der Waals surface area contributed by atoms with Gasteiger partial charge >= 0.3 is 11.9 Å². The molecule has 1 saturated carbocycles. The molecule has 4 aromatic rings. The first-order valence-electron chi connectivity index (χ1n) is 16.1. The van der Waals surface area contributed by atoms with Crippen molar-refractivity contribution in [1.82, 2.24) is 9.80 Å². The average Bonchev–Trinajstić information content (AvgIpc) is 3.09. The number of hydrogen-bond donors (Lipinski definition) is 2. The van der Waals surface area contributed by atoms with E-state index in [1.165, 1.54) is 22.0 Å². The molecule has 10 nitrogen and oxygen atoms in total. The molecule has 5 rings (SSSR count). The number of nitrogens with zero attached hydrogens (tertiary/aromatic N) is 2. The van der Waals surface area contributed by atoms with Crippen LogP contribution in [0.2, 0.25) is 0 Å². The zero-order valence-electron chi connectivity index (χ0n) is 27.3. The van der Waals surface area contributed by atoms with Gasteiger partial charge < -0.3 is 29.5 Å². The van der Waals surface area contributed by atoms with E-state index < -0.39 is 47.4 Å². The van der Waals surface area contributed by atoms with E-state index in [0.717, 1.165) is 0 Å². The van der Waals surface area contributed by atoms with Gasteiger partial charge in [0.15, 0.2) is 0 Å². The number of para-hydroxylation sites is 2. The molecule has 0 aliphatic heterocycles. The van der Waals surface area contributed by atoms with Crippen molar-refractivity contribution in [2.45, 2.75) is 13.1 Å². The zero-order valence-corrected chi connectivity index (χ0v) is 27.3. The lowest BCUT2D eigenvalue weighted by atomic mass is 9.55. The summed E-state index contributed by atoms with van der Waals surface area (Å²) in [5, 5.41) is 20.6. The lowest BCUT2D eigenvalue weighted by Gasteiger charge is -2.48. The first-order valence-corrected chi connectivity index (χ1v) is 16.1. The molecule has 1 aliphatic rings. The smallest absolute Gasteiger partial charge is 0.308 e. The molecule has 2 N–H and O–H groups in total. The number of aliphatic carboxylic acids is 2. The highest BCUT2D eigenvalue weighted by Gasteiger charge is 2.64. The molecule has 4 aromatic carbocycles. The Hall–Kier alpha value is -6.16. The van der Waals surface area contributed by atoms with Gasteiger partial charge in [-0.2, -0.15) is 0 Å². The maximum atomic E-state index is 13.9. The van der Waals surface area contributed by atoms with Crippen LogP contribution < -0.4 is 9.47 Å². The van der Waals surface area contributed by atoms with Gasteiger partial charge in [0.05, 0.1) is 23.7 Å². The van der Waals surface area contributed by atoms with Crippen LogP contribution in [0, 0.1) is 23.7 Å². The first kappa shape index (κ1) is 35.2. The first-order chi connectivity index (χ1) is 24.2. The standard InChI is InChI=1S/C40H38N2O8/c1-3-23-41(25-27-15-19-31(20-16-27)49-29-11-7-5-8-12-29)37(43)33-35(39(45)46)34(36(33)40(47)48)38(44)42(24-4-2)26-28-17-21-32(22-18-28)50-30-13-9-6-10-14-30/h3-22,33-36H,1-2,23-26H2,(H,45,46)(H,47,48). The van der Waals surface area contributed by atoms with E-state index in [1.54, 1.807) is 48.5 Å². The minimum atomic E-state index is -1.54. The van der Waals surface area contributed by atoms with E-state index >= 15 is 0 Å². The van der Waals surface area contributed by atoms with Gasteiger partial charge in [-0.05, 0) is 59.7 Å². The van der Waals surface area contributed by atoms with Crippen LogP contribution in [0.5, 0.6) is 23.0 Å². The molecule has 0 spiro atoms. The maximum Gasteiger partial charge on any atom is 0.308 e. The van der Waals surface area contributed by atoms with E-state index in [0.29, 0.717) is 34.1 Å². The zero-order chi connectivity index (χ0) is 35.6. The predicted molar refractivity (Wildman–Crippen MR) is 186 cm³/mol. The number of ether oxygens (including phenoxy) is 2. The van der Waals surface area contributed by atoms with Crippen molar-refractivity contribution in [2.24, 2.45) is 23.7 Å². The van der Waals surface area contributed by atoms with Crippen LogP contribution in [0.4, 0.5) is 0 Å². The molecule has 1 aliphatic carbocycles.